The van der Waals surface area contributed by atoms with E-state index >= 15 is 0 Å². The maximum Gasteiger partial charge on any atom is 0.0544 e. The molecule has 1 saturated carbocycles. The molecule has 0 radical (unpaired) electrons. The normalized spacial score (nSPS) is 16.3. The minimum absolute atomic E-state index is 0.0390. The molecule has 19 rings (SSSR count). The maximum absolute atomic E-state index is 2.59. The minimum atomic E-state index is -0.133. The van der Waals surface area contributed by atoms with Crippen molar-refractivity contribution in [3.05, 3.63) is 269 Å². The summed E-state index contributed by atoms with van der Waals surface area (Å²) < 4.78 is 10.1. The van der Waals surface area contributed by atoms with Gasteiger partial charge in [0.2, 0.25) is 0 Å². The lowest BCUT2D eigenvalue weighted by Gasteiger charge is -2.25. The Kier molecular flexibility index (Phi) is 11.2. The molecule has 4 heteroatoms. The molecule has 0 atom stereocenters. The van der Waals surface area contributed by atoms with Crippen LogP contribution in [0, 0.1) is 11.8 Å². The highest BCUT2D eigenvalue weighted by Gasteiger charge is 2.39. The Hall–Kier alpha value is -9.90. The van der Waals surface area contributed by atoms with Gasteiger partial charge in [0.25, 0.3) is 0 Å². The molecular formula is C87H72N4. The van der Waals surface area contributed by atoms with Crippen LogP contribution < -0.4 is 0 Å². The highest BCUT2D eigenvalue weighted by Crippen LogP contribution is 2.54. The van der Waals surface area contributed by atoms with Gasteiger partial charge in [-0.25, -0.2) is 0 Å². The van der Waals surface area contributed by atoms with E-state index in [0.717, 1.165) is 49.4 Å². The van der Waals surface area contributed by atoms with Crippen molar-refractivity contribution in [3.8, 4) is 45.0 Å². The number of para-hydroxylation sites is 2. The summed E-state index contributed by atoms with van der Waals surface area (Å²) in [7, 11) is 0. The molecule has 0 spiro atoms. The summed E-state index contributed by atoms with van der Waals surface area (Å²) >= 11 is 0. The van der Waals surface area contributed by atoms with Gasteiger partial charge in [0.05, 0.1) is 44.3 Å². The molecule has 5 aliphatic rings. The van der Waals surface area contributed by atoms with Crippen LogP contribution in [0.15, 0.2) is 230 Å². The summed E-state index contributed by atoms with van der Waals surface area (Å²) in [5.41, 5.74) is 32.4. The van der Waals surface area contributed by atoms with Crippen molar-refractivity contribution in [2.45, 2.75) is 97.3 Å². The van der Waals surface area contributed by atoms with Crippen LogP contribution in [0.1, 0.15) is 119 Å². The molecule has 0 amide bonds. The maximum atomic E-state index is 2.59. The first-order valence-electron chi connectivity index (χ1n) is 33.4. The van der Waals surface area contributed by atoms with E-state index in [4.69, 9.17) is 0 Å². The van der Waals surface area contributed by atoms with E-state index in [2.05, 4.69) is 290 Å². The number of rotatable bonds is 9. The quantitative estimate of drug-likeness (QED) is 0.137. The largest absolute Gasteiger partial charge is 0.309 e. The molecule has 5 aliphatic carbocycles. The van der Waals surface area contributed by atoms with E-state index < -0.39 is 0 Å². The van der Waals surface area contributed by atoms with Crippen LogP contribution >= 0.6 is 0 Å². The van der Waals surface area contributed by atoms with E-state index in [-0.39, 0.29) is 10.8 Å². The summed E-state index contributed by atoms with van der Waals surface area (Å²) in [5, 5.41) is 8.96. The zero-order valence-electron chi connectivity index (χ0n) is 52.8. The van der Waals surface area contributed by atoms with Crippen LogP contribution in [0.2, 0.25) is 0 Å². The van der Waals surface area contributed by atoms with Gasteiger partial charge >= 0.3 is 0 Å². The van der Waals surface area contributed by atoms with E-state index in [1.54, 1.807) is 5.57 Å². The Labute approximate surface area is 532 Å². The van der Waals surface area contributed by atoms with E-state index in [9.17, 15) is 0 Å². The van der Waals surface area contributed by atoms with E-state index in [0.29, 0.717) is 5.92 Å². The van der Waals surface area contributed by atoms with Gasteiger partial charge in [-0.2, -0.15) is 0 Å². The Balaban J connectivity index is 0.811. The number of allylic oxidation sites excluding steroid dienone is 6. The van der Waals surface area contributed by atoms with E-state index in [1.807, 2.05) is 0 Å². The van der Waals surface area contributed by atoms with Crippen molar-refractivity contribution < 1.29 is 0 Å². The molecule has 0 bridgehead atoms. The van der Waals surface area contributed by atoms with Crippen LogP contribution in [0.4, 0.5) is 0 Å². The highest BCUT2D eigenvalue weighted by molar-refractivity contribution is 6.16. The second kappa shape index (κ2) is 19.3. The van der Waals surface area contributed by atoms with Gasteiger partial charge in [0.15, 0.2) is 0 Å². The lowest BCUT2D eigenvalue weighted by molar-refractivity contribution is 0.608. The van der Waals surface area contributed by atoms with Crippen molar-refractivity contribution in [1.82, 2.24) is 18.3 Å². The third kappa shape index (κ3) is 7.81. The Bertz CT molecular complexity index is 5630. The van der Waals surface area contributed by atoms with Crippen LogP contribution in [0.25, 0.3) is 139 Å². The Morgan fingerprint density at radius 1 is 0.429 bits per heavy atom. The predicted molar refractivity (Wildman–Crippen MR) is 385 cm³/mol. The lowest BCUT2D eigenvalue weighted by atomic mass is 9.78. The van der Waals surface area contributed by atoms with Gasteiger partial charge in [-0.05, 0) is 240 Å². The van der Waals surface area contributed by atoms with Crippen molar-refractivity contribution >= 4 is 94.0 Å². The summed E-state index contributed by atoms with van der Waals surface area (Å²) in [6.07, 6.45) is 20.3. The summed E-state index contributed by atoms with van der Waals surface area (Å²) in [5.74, 6) is 1.39. The molecule has 4 nitrogen and oxygen atoms in total. The SMILES string of the molecule is CC(C)CC1=Cc2c(n(-c3ccc4c(c3)c3cc(-c5ccc6c(c5)c5cc(-n7c8ccc(CC9CC9)cc8c8cc9c(cc87)C(C)(C)C7=C9C=CCC7)ccc5n6-c5ccccc5)ccc3n4-c3ccccc3)c3cc4c(cc23)-c2ccccc2C4(C)C)C=CC1. The molecule has 91 heavy (non-hydrogen) atoms. The number of benzene rings is 10. The molecular weight excluding hydrogens is 1100 g/mol. The third-order valence-electron chi connectivity index (χ3n) is 21.9. The zero-order valence-corrected chi connectivity index (χ0v) is 52.8. The standard InChI is InChI=1S/C87H72N4/c1-52(2)40-54-18-17-27-78-66(42-54)72-48-64-62-23-13-15-25-74(62)86(3,4)76(64)50-84(72)90(78)60-33-38-82-70(46-60)68-44-56(31-36-80(68)88(82)58-19-9-7-10-20-58)57-32-37-81-69(45-57)71-47-61(34-39-83(71)89(81)59-21-11-8-12-22-59)91-79-35-30-55(41-53-28-29-53)43-67(79)73-49-65-63-24-14-16-26-75(63)87(5,6)77(65)51-85(73)91/h7-15,17,19-25,27,30-39,42-53H,16,18,26,28-29,40-41H2,1-6H3. The molecule has 0 unspecified atom stereocenters. The number of nitrogens with zero attached hydrogens (tertiary/aromatic N) is 4. The van der Waals surface area contributed by atoms with E-state index in [1.165, 1.54) is 173 Å². The monoisotopic (exact) mass is 1170 g/mol. The van der Waals surface area contributed by atoms with Crippen LogP contribution in [0.5, 0.6) is 0 Å². The molecule has 0 saturated heterocycles. The average molecular weight is 1170 g/mol. The van der Waals surface area contributed by atoms with Gasteiger partial charge in [-0.3, -0.25) is 0 Å². The Morgan fingerprint density at radius 2 is 0.967 bits per heavy atom. The number of hydrogen-bond acceptors (Lipinski definition) is 0. The Morgan fingerprint density at radius 3 is 1.62 bits per heavy atom. The van der Waals surface area contributed by atoms with Crippen LogP contribution in [0.3, 0.4) is 0 Å². The number of hydrogen-bond donors (Lipinski definition) is 0. The molecule has 1 fully saturated rings. The van der Waals surface area contributed by atoms with Gasteiger partial charge in [0.1, 0.15) is 0 Å². The minimum Gasteiger partial charge on any atom is -0.309 e. The van der Waals surface area contributed by atoms with Gasteiger partial charge in [-0.1, -0.05) is 156 Å². The molecule has 4 heterocycles. The average Bonchev–Trinajstić information content (AvgIpc) is 1.58. The van der Waals surface area contributed by atoms with Crippen molar-refractivity contribution in [2.75, 3.05) is 0 Å². The first-order valence-corrected chi connectivity index (χ1v) is 33.4. The molecule has 14 aromatic rings. The molecule has 0 aliphatic heterocycles. The van der Waals surface area contributed by atoms with Gasteiger partial charge < -0.3 is 18.3 Å². The fourth-order valence-corrected chi connectivity index (χ4v) is 17.4. The molecule has 10 aromatic carbocycles. The van der Waals surface area contributed by atoms with Crippen molar-refractivity contribution in [2.24, 2.45) is 11.8 Å². The fourth-order valence-electron chi connectivity index (χ4n) is 17.4. The predicted octanol–water partition coefficient (Wildman–Crippen LogP) is 23.1. The van der Waals surface area contributed by atoms with Crippen molar-refractivity contribution in [1.29, 1.82) is 0 Å². The van der Waals surface area contributed by atoms with Crippen LogP contribution in [-0.4, -0.2) is 18.3 Å². The first kappa shape index (κ1) is 53.0. The van der Waals surface area contributed by atoms with Crippen molar-refractivity contribution in [3.63, 3.8) is 0 Å². The summed E-state index contributed by atoms with van der Waals surface area (Å²) in [4.78, 5) is 0. The second-order valence-corrected chi connectivity index (χ2v) is 28.6. The fraction of sp³-hybridized carbons (Fsp3) is 0.195. The topological polar surface area (TPSA) is 19.7 Å². The lowest BCUT2D eigenvalue weighted by Crippen LogP contribution is -2.17. The molecule has 0 N–H and O–H groups in total. The third-order valence-corrected chi connectivity index (χ3v) is 21.9. The smallest absolute Gasteiger partial charge is 0.0544 e. The van der Waals surface area contributed by atoms with Gasteiger partial charge in [0, 0.05) is 76.8 Å². The van der Waals surface area contributed by atoms with Crippen LogP contribution in [-0.2, 0) is 17.3 Å². The number of aromatic nitrogens is 4. The first-order chi connectivity index (χ1) is 44.4. The summed E-state index contributed by atoms with van der Waals surface area (Å²) in [6.45, 7) is 14.4. The molecule has 4 aromatic heterocycles. The highest BCUT2D eigenvalue weighted by atomic mass is 15.0. The second-order valence-electron chi connectivity index (χ2n) is 28.6. The summed E-state index contributed by atoms with van der Waals surface area (Å²) in [6, 6.07) is 77.4. The molecule has 440 valence electrons. The number of fused-ring (bicyclic) bond motifs is 17. The van der Waals surface area contributed by atoms with Gasteiger partial charge in [-0.15, -0.1) is 0 Å². The zero-order chi connectivity index (χ0) is 60.8.